The van der Waals surface area contributed by atoms with E-state index >= 15 is 0 Å². The van der Waals surface area contributed by atoms with Gasteiger partial charge in [-0.2, -0.15) is 10.2 Å². The molecule has 6 nitrogen and oxygen atoms in total. The maximum absolute atomic E-state index is 10.8. The summed E-state index contributed by atoms with van der Waals surface area (Å²) >= 11 is 0. The minimum atomic E-state index is -0.416. The van der Waals surface area contributed by atoms with Crippen LogP contribution in [0.1, 0.15) is 5.69 Å². The summed E-state index contributed by atoms with van der Waals surface area (Å²) in [6, 6.07) is 14.0. The molecule has 1 N–H and O–H groups in total. The summed E-state index contributed by atoms with van der Waals surface area (Å²) in [6.45, 7) is 1.85. The van der Waals surface area contributed by atoms with Gasteiger partial charge in [-0.15, -0.1) is 0 Å². The third-order valence-corrected chi connectivity index (χ3v) is 3.17. The summed E-state index contributed by atoms with van der Waals surface area (Å²) < 4.78 is 0. The summed E-state index contributed by atoms with van der Waals surface area (Å²) in [6.07, 6.45) is 0. The van der Waals surface area contributed by atoms with Gasteiger partial charge in [0.15, 0.2) is 0 Å². The van der Waals surface area contributed by atoms with Crippen LogP contribution < -0.4 is 5.32 Å². The Hall–Kier alpha value is -3.02. The lowest BCUT2D eigenvalue weighted by Crippen LogP contribution is -1.99. The van der Waals surface area contributed by atoms with Gasteiger partial charge in [0.2, 0.25) is 0 Å². The zero-order chi connectivity index (χ0) is 14.8. The van der Waals surface area contributed by atoms with Gasteiger partial charge in [-0.05, 0) is 19.1 Å². The molecule has 21 heavy (non-hydrogen) atoms. The average Bonchev–Trinajstić information content (AvgIpc) is 2.50. The Bertz CT molecular complexity index is 833. The zero-order valence-electron chi connectivity index (χ0n) is 11.3. The lowest BCUT2D eigenvalue weighted by molar-refractivity contribution is -0.384. The summed E-state index contributed by atoms with van der Waals surface area (Å²) in [5.41, 5.74) is 3.01. The fraction of sp³-hybridized carbons (Fsp3) is 0.0667. The van der Waals surface area contributed by atoms with Gasteiger partial charge in [0.25, 0.3) is 5.69 Å². The molecule has 3 aromatic rings. The Morgan fingerprint density at radius 1 is 1.10 bits per heavy atom. The first-order valence-electron chi connectivity index (χ1n) is 6.38. The molecule has 0 fully saturated rings. The van der Waals surface area contributed by atoms with Gasteiger partial charge in [-0.1, -0.05) is 24.3 Å². The first-order chi connectivity index (χ1) is 10.1. The number of nitrogens with zero attached hydrogens (tertiary/aromatic N) is 3. The van der Waals surface area contributed by atoms with Crippen LogP contribution in [0.25, 0.3) is 10.9 Å². The number of hydrogen-bond donors (Lipinski definition) is 1. The second-order valence-electron chi connectivity index (χ2n) is 4.61. The van der Waals surface area contributed by atoms with E-state index < -0.39 is 4.92 Å². The van der Waals surface area contributed by atoms with E-state index in [1.807, 2.05) is 31.2 Å². The topological polar surface area (TPSA) is 81.0 Å². The first kappa shape index (κ1) is 13.0. The molecule has 104 valence electrons. The first-order valence-corrected chi connectivity index (χ1v) is 6.38. The molecule has 2 aromatic carbocycles. The molecule has 0 unspecified atom stereocenters. The monoisotopic (exact) mass is 280 g/mol. The Morgan fingerprint density at radius 2 is 1.90 bits per heavy atom. The quantitative estimate of drug-likeness (QED) is 0.585. The van der Waals surface area contributed by atoms with Gasteiger partial charge in [-0.3, -0.25) is 10.1 Å². The van der Waals surface area contributed by atoms with Crippen LogP contribution in [0.3, 0.4) is 0 Å². The SMILES string of the molecule is Cc1nnc2ccccc2c1Nc1cccc([N+](=O)[O-])c1. The molecule has 0 spiro atoms. The van der Waals surface area contributed by atoms with Gasteiger partial charge in [0, 0.05) is 23.2 Å². The minimum Gasteiger partial charge on any atom is -0.353 e. The smallest absolute Gasteiger partial charge is 0.271 e. The van der Waals surface area contributed by atoms with Crippen molar-refractivity contribution in [3.05, 3.63) is 64.3 Å². The number of nitro benzene ring substituents is 1. The Balaban J connectivity index is 2.07. The second-order valence-corrected chi connectivity index (χ2v) is 4.61. The van der Waals surface area contributed by atoms with Gasteiger partial charge in [0.05, 0.1) is 21.8 Å². The van der Waals surface area contributed by atoms with E-state index in [1.165, 1.54) is 12.1 Å². The molecule has 0 radical (unpaired) electrons. The van der Waals surface area contributed by atoms with Gasteiger partial charge < -0.3 is 5.32 Å². The third-order valence-electron chi connectivity index (χ3n) is 3.17. The fourth-order valence-electron chi connectivity index (χ4n) is 2.15. The summed E-state index contributed by atoms with van der Waals surface area (Å²) in [5.74, 6) is 0. The molecular formula is C15H12N4O2. The second kappa shape index (κ2) is 5.16. The van der Waals surface area contributed by atoms with E-state index in [2.05, 4.69) is 15.5 Å². The predicted molar refractivity (Wildman–Crippen MR) is 80.7 cm³/mol. The van der Waals surface area contributed by atoms with Gasteiger partial charge in [0.1, 0.15) is 0 Å². The van der Waals surface area contributed by atoms with Crippen LogP contribution >= 0.6 is 0 Å². The molecule has 1 heterocycles. The van der Waals surface area contributed by atoms with Crippen molar-refractivity contribution >= 4 is 28.0 Å². The Labute approximate surface area is 120 Å². The highest BCUT2D eigenvalue weighted by atomic mass is 16.6. The average molecular weight is 280 g/mol. The van der Waals surface area contributed by atoms with Crippen LogP contribution in [0.15, 0.2) is 48.5 Å². The number of non-ortho nitro benzene ring substituents is 1. The van der Waals surface area contributed by atoms with Crippen molar-refractivity contribution in [1.29, 1.82) is 0 Å². The number of nitro groups is 1. The van der Waals surface area contributed by atoms with Crippen molar-refractivity contribution in [2.45, 2.75) is 6.92 Å². The normalized spacial score (nSPS) is 10.5. The summed E-state index contributed by atoms with van der Waals surface area (Å²) in [7, 11) is 0. The van der Waals surface area contributed by atoms with Crippen molar-refractivity contribution in [3.63, 3.8) is 0 Å². The summed E-state index contributed by atoms with van der Waals surface area (Å²) in [4.78, 5) is 10.4. The largest absolute Gasteiger partial charge is 0.353 e. The number of hydrogen-bond acceptors (Lipinski definition) is 5. The Kier molecular flexibility index (Phi) is 3.19. The van der Waals surface area contributed by atoms with Crippen LogP contribution in [0, 0.1) is 17.0 Å². The van der Waals surface area contributed by atoms with Crippen LogP contribution in [-0.2, 0) is 0 Å². The molecule has 0 saturated heterocycles. The predicted octanol–water partition coefficient (Wildman–Crippen LogP) is 3.59. The van der Waals surface area contributed by atoms with Crippen molar-refractivity contribution in [2.24, 2.45) is 0 Å². The van der Waals surface area contributed by atoms with Crippen molar-refractivity contribution in [1.82, 2.24) is 10.2 Å². The van der Waals surface area contributed by atoms with E-state index in [0.29, 0.717) is 5.69 Å². The number of aromatic nitrogens is 2. The van der Waals surface area contributed by atoms with Crippen molar-refractivity contribution in [2.75, 3.05) is 5.32 Å². The standard InChI is InChI=1S/C15H12N4O2/c1-10-15(13-7-2-3-8-14(13)18-17-10)16-11-5-4-6-12(9-11)19(20)21/h2-9H,1H3,(H,16,18). The van der Waals surface area contributed by atoms with Crippen LogP contribution in [0.4, 0.5) is 17.1 Å². The lowest BCUT2D eigenvalue weighted by Gasteiger charge is -2.11. The lowest BCUT2D eigenvalue weighted by atomic mass is 10.1. The zero-order valence-corrected chi connectivity index (χ0v) is 11.3. The number of aryl methyl sites for hydroxylation is 1. The highest BCUT2D eigenvalue weighted by molar-refractivity contribution is 5.93. The fourth-order valence-corrected chi connectivity index (χ4v) is 2.15. The minimum absolute atomic E-state index is 0.0453. The molecule has 6 heteroatoms. The van der Waals surface area contributed by atoms with Gasteiger partial charge in [-0.25, -0.2) is 0 Å². The highest BCUT2D eigenvalue weighted by Crippen LogP contribution is 2.28. The molecule has 0 saturated carbocycles. The van der Waals surface area contributed by atoms with Crippen LogP contribution in [0.2, 0.25) is 0 Å². The van der Waals surface area contributed by atoms with E-state index in [9.17, 15) is 10.1 Å². The maximum atomic E-state index is 10.8. The maximum Gasteiger partial charge on any atom is 0.271 e. The number of benzene rings is 2. The van der Waals surface area contributed by atoms with E-state index in [1.54, 1.807) is 12.1 Å². The molecule has 0 bridgehead atoms. The highest BCUT2D eigenvalue weighted by Gasteiger charge is 2.10. The van der Waals surface area contributed by atoms with E-state index in [4.69, 9.17) is 0 Å². The number of fused-ring (bicyclic) bond motifs is 1. The Morgan fingerprint density at radius 3 is 2.71 bits per heavy atom. The molecule has 0 amide bonds. The van der Waals surface area contributed by atoms with Crippen molar-refractivity contribution in [3.8, 4) is 0 Å². The summed E-state index contributed by atoms with van der Waals surface area (Å²) in [5, 5.41) is 23.2. The molecular weight excluding hydrogens is 268 g/mol. The molecule has 1 aromatic heterocycles. The van der Waals surface area contributed by atoms with E-state index in [-0.39, 0.29) is 5.69 Å². The van der Waals surface area contributed by atoms with Gasteiger partial charge >= 0.3 is 0 Å². The molecule has 0 atom stereocenters. The number of anilines is 2. The third kappa shape index (κ3) is 2.51. The van der Waals surface area contributed by atoms with Crippen molar-refractivity contribution < 1.29 is 4.92 Å². The number of rotatable bonds is 3. The molecule has 0 aliphatic heterocycles. The number of nitrogens with one attached hydrogen (secondary N) is 1. The van der Waals surface area contributed by atoms with E-state index in [0.717, 1.165) is 22.3 Å². The molecule has 3 rings (SSSR count). The van der Waals surface area contributed by atoms with Crippen LogP contribution in [-0.4, -0.2) is 15.1 Å². The molecule has 0 aliphatic rings. The molecule has 0 aliphatic carbocycles. The van der Waals surface area contributed by atoms with Crippen LogP contribution in [0.5, 0.6) is 0 Å².